The Hall–Kier alpha value is -0.790. The fourth-order valence-electron chi connectivity index (χ4n) is 0.795. The van der Waals surface area contributed by atoms with E-state index in [4.69, 9.17) is 0 Å². The molecule has 0 aliphatic heterocycles. The molecule has 0 unspecified atom stereocenters. The lowest BCUT2D eigenvalue weighted by Crippen LogP contribution is -2.18. The van der Waals surface area contributed by atoms with Gasteiger partial charge in [-0.3, -0.25) is 4.68 Å². The van der Waals surface area contributed by atoms with Crippen LogP contribution in [0, 0.1) is 0 Å². The van der Waals surface area contributed by atoms with E-state index in [0.29, 0.717) is 5.69 Å². The summed E-state index contributed by atoms with van der Waals surface area (Å²) in [7, 11) is -2.63. The number of hydrazine groups is 1. The molecule has 8 heteroatoms. The highest BCUT2D eigenvalue weighted by Crippen LogP contribution is 2.08. The Bertz CT molecular complexity index is 341. The van der Waals surface area contributed by atoms with Crippen molar-refractivity contribution in [3.05, 3.63) is 12.4 Å². The molecule has 0 aliphatic carbocycles. The van der Waals surface area contributed by atoms with Crippen molar-refractivity contribution in [2.24, 2.45) is 0 Å². The van der Waals surface area contributed by atoms with Crippen LogP contribution in [0.2, 0.25) is 0 Å². The van der Waals surface area contributed by atoms with Crippen LogP contribution in [-0.2, 0) is 10.9 Å². The van der Waals surface area contributed by atoms with Crippen LogP contribution in [0.3, 0.4) is 0 Å². The SMILES string of the molecule is CC(C)n1cc(NN[SH](=O)=O)cn1.Cl. The Morgan fingerprint density at radius 2 is 2.14 bits per heavy atom. The summed E-state index contributed by atoms with van der Waals surface area (Å²) in [5, 5.41) is 4.01. The van der Waals surface area contributed by atoms with Crippen LogP contribution in [0.1, 0.15) is 19.9 Å². The third-order valence-electron chi connectivity index (χ3n) is 1.42. The molecule has 0 atom stereocenters. The van der Waals surface area contributed by atoms with Crippen molar-refractivity contribution < 1.29 is 8.42 Å². The predicted octanol–water partition coefficient (Wildman–Crippen LogP) is 0.329. The number of halogens is 1. The summed E-state index contributed by atoms with van der Waals surface area (Å²) in [6.07, 6.45) is 3.27. The maximum Gasteiger partial charge on any atom is 0.218 e. The van der Waals surface area contributed by atoms with Gasteiger partial charge in [0.2, 0.25) is 10.9 Å². The molecule has 0 aliphatic rings. The highest BCUT2D eigenvalue weighted by Gasteiger charge is 2.00. The van der Waals surface area contributed by atoms with E-state index in [0.717, 1.165) is 0 Å². The van der Waals surface area contributed by atoms with Crippen LogP contribution in [0.5, 0.6) is 0 Å². The van der Waals surface area contributed by atoms with Gasteiger partial charge in [-0.15, -0.1) is 17.2 Å². The summed E-state index contributed by atoms with van der Waals surface area (Å²) in [6.45, 7) is 3.97. The Morgan fingerprint density at radius 3 is 2.57 bits per heavy atom. The number of anilines is 1. The van der Waals surface area contributed by atoms with Gasteiger partial charge in [0, 0.05) is 12.2 Å². The number of thiol groups is 1. The molecule has 0 radical (unpaired) electrons. The minimum atomic E-state index is -2.63. The van der Waals surface area contributed by atoms with Gasteiger partial charge >= 0.3 is 0 Å². The Balaban J connectivity index is 0.00000169. The fraction of sp³-hybridized carbons (Fsp3) is 0.500. The highest BCUT2D eigenvalue weighted by molar-refractivity contribution is 7.70. The summed E-state index contributed by atoms with van der Waals surface area (Å²) >= 11 is 0. The first-order valence-electron chi connectivity index (χ1n) is 3.80. The molecule has 1 aromatic rings. The van der Waals surface area contributed by atoms with E-state index in [1.807, 2.05) is 13.8 Å². The molecule has 0 saturated carbocycles. The zero-order valence-corrected chi connectivity index (χ0v) is 9.51. The lowest BCUT2D eigenvalue weighted by Gasteiger charge is -2.03. The molecule has 1 rings (SSSR count). The first kappa shape index (κ1) is 13.2. The van der Waals surface area contributed by atoms with Crippen LogP contribution >= 0.6 is 12.4 Å². The van der Waals surface area contributed by atoms with Gasteiger partial charge in [-0.2, -0.15) is 5.10 Å². The van der Waals surface area contributed by atoms with Crippen LogP contribution < -0.4 is 10.3 Å². The predicted molar refractivity (Wildman–Crippen MR) is 56.9 cm³/mol. The Labute approximate surface area is 90.1 Å². The standard InChI is InChI=1S/C6H12N4O2S.ClH/c1-5(2)10-4-6(3-7-10)8-9-13(11)12;/h3-5,8,13H,1-2H3,(H,9,11,12);1H. The molecule has 0 amide bonds. The normalized spacial score (nSPS) is 10.3. The van der Waals surface area contributed by atoms with Gasteiger partial charge in [0.05, 0.1) is 11.9 Å². The molecule has 6 nitrogen and oxygen atoms in total. The Kier molecular flexibility index (Phi) is 5.51. The second kappa shape index (κ2) is 5.84. The molecular formula is C6H13ClN4O2S. The van der Waals surface area contributed by atoms with E-state index in [1.165, 1.54) is 0 Å². The minimum absolute atomic E-state index is 0. The second-order valence-corrected chi connectivity index (χ2v) is 3.53. The zero-order valence-electron chi connectivity index (χ0n) is 7.80. The summed E-state index contributed by atoms with van der Waals surface area (Å²) in [4.78, 5) is 2.06. The maximum absolute atomic E-state index is 10.1. The molecule has 82 valence electrons. The zero-order chi connectivity index (χ0) is 9.84. The summed E-state index contributed by atoms with van der Waals surface area (Å²) in [5.41, 5.74) is 3.11. The number of nitrogens with one attached hydrogen (secondary N) is 2. The van der Waals surface area contributed by atoms with Gasteiger partial charge in [0.15, 0.2) is 0 Å². The quantitative estimate of drug-likeness (QED) is 0.524. The van der Waals surface area contributed by atoms with E-state index < -0.39 is 10.9 Å². The van der Waals surface area contributed by atoms with Crippen molar-refractivity contribution >= 4 is 29.0 Å². The van der Waals surface area contributed by atoms with Crippen molar-refractivity contribution in [1.82, 2.24) is 14.6 Å². The van der Waals surface area contributed by atoms with E-state index in [-0.39, 0.29) is 18.4 Å². The van der Waals surface area contributed by atoms with Gasteiger partial charge in [0.1, 0.15) is 0 Å². The molecule has 2 N–H and O–H groups in total. The van der Waals surface area contributed by atoms with Gasteiger partial charge in [-0.05, 0) is 13.8 Å². The van der Waals surface area contributed by atoms with Crippen LogP contribution in [0.15, 0.2) is 12.4 Å². The lowest BCUT2D eigenvalue weighted by atomic mass is 10.4. The van der Waals surface area contributed by atoms with Gasteiger partial charge in [0.25, 0.3) is 0 Å². The third-order valence-corrected chi connectivity index (χ3v) is 1.72. The van der Waals surface area contributed by atoms with Crippen LogP contribution in [-0.4, -0.2) is 18.2 Å². The second-order valence-electron chi connectivity index (χ2n) is 2.80. The molecule has 0 spiro atoms. The molecule has 0 saturated heterocycles. The number of rotatable bonds is 4. The van der Waals surface area contributed by atoms with Crippen molar-refractivity contribution in [2.75, 3.05) is 5.43 Å². The summed E-state index contributed by atoms with van der Waals surface area (Å²) in [6, 6.07) is 0.261. The fourth-order valence-corrected chi connectivity index (χ4v) is 1.02. The molecule has 14 heavy (non-hydrogen) atoms. The van der Waals surface area contributed by atoms with Crippen molar-refractivity contribution in [1.29, 1.82) is 0 Å². The van der Waals surface area contributed by atoms with E-state index in [1.54, 1.807) is 17.1 Å². The maximum atomic E-state index is 10.1. The van der Waals surface area contributed by atoms with E-state index in [2.05, 4.69) is 15.4 Å². The van der Waals surface area contributed by atoms with Crippen molar-refractivity contribution in [2.45, 2.75) is 19.9 Å². The Morgan fingerprint density at radius 1 is 1.50 bits per heavy atom. The first-order valence-corrected chi connectivity index (χ1v) is 4.97. The van der Waals surface area contributed by atoms with Gasteiger partial charge in [-0.1, -0.05) is 0 Å². The van der Waals surface area contributed by atoms with Crippen molar-refractivity contribution in [3.8, 4) is 0 Å². The molecule has 1 aromatic heterocycles. The largest absolute Gasteiger partial charge is 0.305 e. The van der Waals surface area contributed by atoms with E-state index >= 15 is 0 Å². The smallest absolute Gasteiger partial charge is 0.218 e. The summed E-state index contributed by atoms with van der Waals surface area (Å²) in [5.74, 6) is 0. The lowest BCUT2D eigenvalue weighted by molar-refractivity contribution is 0.532. The van der Waals surface area contributed by atoms with Gasteiger partial charge in [-0.25, -0.2) is 8.42 Å². The number of hydrogen-bond acceptors (Lipinski definition) is 4. The monoisotopic (exact) mass is 240 g/mol. The average molecular weight is 241 g/mol. The minimum Gasteiger partial charge on any atom is -0.305 e. The molecule has 0 aromatic carbocycles. The van der Waals surface area contributed by atoms with Gasteiger partial charge < -0.3 is 5.43 Å². The summed E-state index contributed by atoms with van der Waals surface area (Å²) < 4.78 is 22.0. The van der Waals surface area contributed by atoms with Crippen LogP contribution in [0.25, 0.3) is 0 Å². The molecular weight excluding hydrogens is 228 g/mol. The molecule has 0 fully saturated rings. The highest BCUT2D eigenvalue weighted by atomic mass is 35.5. The molecule has 0 bridgehead atoms. The number of nitrogens with zero attached hydrogens (tertiary/aromatic N) is 2. The number of aromatic nitrogens is 2. The third kappa shape index (κ3) is 3.95. The topological polar surface area (TPSA) is 76.0 Å². The van der Waals surface area contributed by atoms with E-state index in [9.17, 15) is 8.42 Å². The number of hydrogen-bond donors (Lipinski definition) is 3. The first-order chi connectivity index (χ1) is 6.09. The van der Waals surface area contributed by atoms with Crippen LogP contribution in [0.4, 0.5) is 5.69 Å². The average Bonchev–Trinajstić information content (AvgIpc) is 2.48. The van der Waals surface area contributed by atoms with Crippen molar-refractivity contribution in [3.63, 3.8) is 0 Å². The molecule has 1 heterocycles.